The summed E-state index contributed by atoms with van der Waals surface area (Å²) in [4.78, 5) is 10.9. The molecule has 0 atom stereocenters. The Labute approximate surface area is 156 Å². The summed E-state index contributed by atoms with van der Waals surface area (Å²) < 4.78 is 15.2. The number of aromatic nitrogens is 5. The molecule has 7 heteroatoms. The molecular formula is C20H19FN6. The van der Waals surface area contributed by atoms with Crippen molar-refractivity contribution < 1.29 is 4.39 Å². The quantitative estimate of drug-likeness (QED) is 0.527. The number of halogens is 1. The van der Waals surface area contributed by atoms with E-state index in [2.05, 4.69) is 25.1 Å². The fraction of sp³-hybridized carbons (Fsp3) is 0.200. The third-order valence-electron chi connectivity index (χ3n) is 4.39. The lowest BCUT2D eigenvalue weighted by Crippen LogP contribution is -2.23. The highest BCUT2D eigenvalue weighted by Crippen LogP contribution is 2.16. The van der Waals surface area contributed by atoms with E-state index >= 15 is 0 Å². The first kappa shape index (κ1) is 17.2. The predicted molar refractivity (Wildman–Crippen MR) is 99.1 cm³/mol. The molecule has 0 N–H and O–H groups in total. The van der Waals surface area contributed by atoms with Crippen LogP contribution < -0.4 is 0 Å². The maximum atomic E-state index is 13.2. The summed E-state index contributed by atoms with van der Waals surface area (Å²) in [5.41, 5.74) is 3.74. The summed E-state index contributed by atoms with van der Waals surface area (Å²) in [6.07, 6.45) is 7.24. The molecule has 0 radical (unpaired) electrons. The Balaban J connectivity index is 1.63. The van der Waals surface area contributed by atoms with Gasteiger partial charge in [0.05, 0.1) is 5.69 Å². The van der Waals surface area contributed by atoms with E-state index in [0.717, 1.165) is 28.3 Å². The van der Waals surface area contributed by atoms with Crippen molar-refractivity contribution in [3.8, 4) is 0 Å². The second kappa shape index (κ2) is 7.59. The Morgan fingerprint density at radius 1 is 0.963 bits per heavy atom. The van der Waals surface area contributed by atoms with E-state index in [9.17, 15) is 4.39 Å². The average molecular weight is 362 g/mol. The van der Waals surface area contributed by atoms with Gasteiger partial charge >= 0.3 is 0 Å². The SMILES string of the molecule is Cc1nnc2c(CN(Cc3ccc(F)cc3)Cc3cccnc3)nccn12. The maximum Gasteiger partial charge on any atom is 0.183 e. The van der Waals surface area contributed by atoms with Gasteiger partial charge in [-0.2, -0.15) is 0 Å². The zero-order chi connectivity index (χ0) is 18.6. The van der Waals surface area contributed by atoms with E-state index in [-0.39, 0.29) is 5.82 Å². The molecule has 0 saturated carbocycles. The van der Waals surface area contributed by atoms with Crippen LogP contribution in [-0.2, 0) is 19.6 Å². The van der Waals surface area contributed by atoms with E-state index in [1.807, 2.05) is 35.9 Å². The molecule has 136 valence electrons. The third-order valence-corrected chi connectivity index (χ3v) is 4.39. The van der Waals surface area contributed by atoms with Gasteiger partial charge in [-0.05, 0) is 36.2 Å². The Morgan fingerprint density at radius 3 is 2.56 bits per heavy atom. The standard InChI is InChI=1S/C20H19FN6/c1-15-24-25-20-19(23-9-10-27(15)20)14-26(13-17-3-2-8-22-11-17)12-16-4-6-18(21)7-5-16/h2-11H,12-14H2,1H3. The maximum absolute atomic E-state index is 13.2. The molecule has 4 aromatic rings. The molecule has 4 rings (SSSR count). The minimum absolute atomic E-state index is 0.233. The van der Waals surface area contributed by atoms with Crippen LogP contribution in [-0.4, -0.2) is 29.5 Å². The summed E-state index contributed by atoms with van der Waals surface area (Å²) in [7, 11) is 0. The summed E-state index contributed by atoms with van der Waals surface area (Å²) >= 11 is 0. The number of benzene rings is 1. The molecule has 0 aliphatic heterocycles. The molecule has 3 heterocycles. The highest BCUT2D eigenvalue weighted by molar-refractivity contribution is 5.43. The molecule has 0 saturated heterocycles. The molecule has 0 aliphatic rings. The fourth-order valence-corrected chi connectivity index (χ4v) is 3.08. The van der Waals surface area contributed by atoms with Crippen molar-refractivity contribution in [2.24, 2.45) is 0 Å². The predicted octanol–water partition coefficient (Wildman–Crippen LogP) is 3.17. The van der Waals surface area contributed by atoms with Crippen LogP contribution in [0.1, 0.15) is 22.6 Å². The van der Waals surface area contributed by atoms with Gasteiger partial charge in [0.2, 0.25) is 0 Å². The number of nitrogens with zero attached hydrogens (tertiary/aromatic N) is 6. The van der Waals surface area contributed by atoms with Gasteiger partial charge in [-0.25, -0.2) is 4.39 Å². The van der Waals surface area contributed by atoms with E-state index in [1.54, 1.807) is 24.5 Å². The van der Waals surface area contributed by atoms with Crippen molar-refractivity contribution >= 4 is 5.65 Å². The Morgan fingerprint density at radius 2 is 1.78 bits per heavy atom. The van der Waals surface area contributed by atoms with Crippen LogP contribution in [0.15, 0.2) is 61.2 Å². The molecule has 0 bridgehead atoms. The molecule has 0 fully saturated rings. The fourth-order valence-electron chi connectivity index (χ4n) is 3.08. The second-order valence-corrected chi connectivity index (χ2v) is 6.45. The number of hydrogen-bond acceptors (Lipinski definition) is 5. The van der Waals surface area contributed by atoms with E-state index in [0.29, 0.717) is 19.6 Å². The van der Waals surface area contributed by atoms with Crippen LogP contribution in [0.3, 0.4) is 0 Å². The molecular weight excluding hydrogens is 343 g/mol. The van der Waals surface area contributed by atoms with E-state index < -0.39 is 0 Å². The molecule has 27 heavy (non-hydrogen) atoms. The lowest BCUT2D eigenvalue weighted by atomic mass is 10.2. The van der Waals surface area contributed by atoms with Crippen LogP contribution >= 0.6 is 0 Å². The zero-order valence-corrected chi connectivity index (χ0v) is 15.0. The van der Waals surface area contributed by atoms with Crippen molar-refractivity contribution in [2.75, 3.05) is 0 Å². The van der Waals surface area contributed by atoms with Crippen molar-refractivity contribution in [1.29, 1.82) is 0 Å². The van der Waals surface area contributed by atoms with Gasteiger partial charge in [-0.1, -0.05) is 18.2 Å². The highest BCUT2D eigenvalue weighted by atomic mass is 19.1. The van der Waals surface area contributed by atoms with E-state index in [4.69, 9.17) is 0 Å². The lowest BCUT2D eigenvalue weighted by Gasteiger charge is -2.22. The first-order valence-electron chi connectivity index (χ1n) is 8.70. The van der Waals surface area contributed by atoms with Crippen molar-refractivity contribution in [2.45, 2.75) is 26.6 Å². The number of rotatable bonds is 6. The number of pyridine rings is 1. The molecule has 0 spiro atoms. The zero-order valence-electron chi connectivity index (χ0n) is 15.0. The Kier molecular flexibility index (Phi) is 4.84. The Hall–Kier alpha value is -3.19. The highest BCUT2D eigenvalue weighted by Gasteiger charge is 2.14. The third kappa shape index (κ3) is 3.98. The average Bonchev–Trinajstić information content (AvgIpc) is 3.07. The summed E-state index contributed by atoms with van der Waals surface area (Å²) in [5, 5.41) is 8.40. The lowest BCUT2D eigenvalue weighted by molar-refractivity contribution is 0.245. The van der Waals surface area contributed by atoms with Crippen molar-refractivity contribution in [3.63, 3.8) is 0 Å². The molecule has 1 aromatic carbocycles. The summed E-state index contributed by atoms with van der Waals surface area (Å²) in [6.45, 7) is 3.86. The molecule has 0 unspecified atom stereocenters. The minimum atomic E-state index is -0.233. The van der Waals surface area contributed by atoms with Gasteiger partial charge in [0.15, 0.2) is 5.65 Å². The van der Waals surface area contributed by atoms with Gasteiger partial charge in [0, 0.05) is 44.4 Å². The van der Waals surface area contributed by atoms with Crippen LogP contribution in [0.5, 0.6) is 0 Å². The minimum Gasteiger partial charge on any atom is -0.289 e. The van der Waals surface area contributed by atoms with Gasteiger partial charge < -0.3 is 0 Å². The van der Waals surface area contributed by atoms with Crippen LogP contribution in [0.25, 0.3) is 5.65 Å². The first-order valence-corrected chi connectivity index (χ1v) is 8.70. The smallest absolute Gasteiger partial charge is 0.183 e. The summed E-state index contributed by atoms with van der Waals surface area (Å²) in [5.74, 6) is 0.592. The molecule has 6 nitrogen and oxygen atoms in total. The monoisotopic (exact) mass is 362 g/mol. The summed E-state index contributed by atoms with van der Waals surface area (Å²) in [6, 6.07) is 10.5. The largest absolute Gasteiger partial charge is 0.289 e. The number of fused-ring (bicyclic) bond motifs is 1. The van der Waals surface area contributed by atoms with Crippen molar-refractivity contribution in [1.82, 2.24) is 29.5 Å². The van der Waals surface area contributed by atoms with Gasteiger partial charge in [-0.15, -0.1) is 10.2 Å². The van der Waals surface area contributed by atoms with Gasteiger partial charge in [0.25, 0.3) is 0 Å². The Bertz CT molecular complexity index is 1030. The van der Waals surface area contributed by atoms with Crippen LogP contribution in [0.4, 0.5) is 4.39 Å². The molecule has 0 aliphatic carbocycles. The van der Waals surface area contributed by atoms with Crippen LogP contribution in [0.2, 0.25) is 0 Å². The number of aryl methyl sites for hydroxylation is 1. The number of hydrogen-bond donors (Lipinski definition) is 0. The second-order valence-electron chi connectivity index (χ2n) is 6.45. The van der Waals surface area contributed by atoms with Gasteiger partial charge in [0.1, 0.15) is 11.6 Å². The normalized spacial score (nSPS) is 11.4. The first-order chi connectivity index (χ1) is 13.2. The van der Waals surface area contributed by atoms with Gasteiger partial charge in [-0.3, -0.25) is 19.3 Å². The van der Waals surface area contributed by atoms with Crippen molar-refractivity contribution in [3.05, 3.63) is 89.6 Å². The topological polar surface area (TPSA) is 59.2 Å². The molecule has 3 aromatic heterocycles. The molecule has 0 amide bonds. The van der Waals surface area contributed by atoms with E-state index in [1.165, 1.54) is 12.1 Å². The van der Waals surface area contributed by atoms with Crippen LogP contribution in [0, 0.1) is 12.7 Å².